The Bertz CT molecular complexity index is 3960. The molecule has 2 aromatic carbocycles. The zero-order chi connectivity index (χ0) is 92.1. The molecule has 696 valence electrons. The molecule has 2 fully saturated rings. The number of carboxylic acid groups (broad SMARTS) is 2. The van der Waals surface area contributed by atoms with Crippen LogP contribution in [0.1, 0.15) is 212 Å². The number of aromatic nitrogens is 1. The maximum atomic E-state index is 15.0. The number of esters is 1. The van der Waals surface area contributed by atoms with Crippen molar-refractivity contribution in [2.75, 3.05) is 103 Å². The average molecular weight is 1780 g/mol. The number of hydrogen-bond acceptors (Lipinski definition) is 24. The summed E-state index contributed by atoms with van der Waals surface area (Å²) in [5.41, 5.74) is 5.68. The highest BCUT2D eigenvalue weighted by molar-refractivity contribution is 7.09. The van der Waals surface area contributed by atoms with Crippen molar-refractivity contribution < 1.29 is 111 Å². The minimum Gasteiger partial charge on any atom is -0.481 e. The Morgan fingerprint density at radius 1 is 0.680 bits per heavy atom. The van der Waals surface area contributed by atoms with Gasteiger partial charge in [0.15, 0.2) is 6.10 Å². The van der Waals surface area contributed by atoms with Gasteiger partial charge >= 0.3 is 36.1 Å². The van der Waals surface area contributed by atoms with Crippen LogP contribution >= 0.6 is 11.3 Å². The summed E-state index contributed by atoms with van der Waals surface area (Å²) in [6, 6.07) is 5.14. The number of aliphatic carboxylic acids is 2. The van der Waals surface area contributed by atoms with Gasteiger partial charge in [0.05, 0.1) is 83.6 Å². The maximum Gasteiger partial charge on any atom is 0.411 e. The minimum absolute atomic E-state index is 0.0170. The van der Waals surface area contributed by atoms with Crippen LogP contribution < -0.4 is 53.6 Å². The third-order valence-corrected chi connectivity index (χ3v) is 22.8. The second-order valence-corrected chi connectivity index (χ2v) is 33.8. The van der Waals surface area contributed by atoms with Crippen molar-refractivity contribution in [2.24, 2.45) is 46.7 Å². The van der Waals surface area contributed by atoms with Crippen LogP contribution in [-0.4, -0.2) is 238 Å². The van der Waals surface area contributed by atoms with Crippen LogP contribution in [0.5, 0.6) is 0 Å². The molecule has 1 saturated carbocycles. The van der Waals surface area contributed by atoms with E-state index < -0.39 is 138 Å². The lowest BCUT2D eigenvalue weighted by Gasteiger charge is -2.39. The number of likely N-dealkylation sites (N-methyl/N-ethyl adjacent to an activating group) is 1. The van der Waals surface area contributed by atoms with Crippen LogP contribution in [0, 0.1) is 53.3 Å². The molecule has 36 nitrogen and oxygen atoms in total. The predicted octanol–water partition coefficient (Wildman–Crippen LogP) is 8.56. The van der Waals surface area contributed by atoms with Crippen LogP contribution in [0.2, 0.25) is 0 Å². The Labute approximate surface area is 737 Å². The summed E-state index contributed by atoms with van der Waals surface area (Å²) in [6.07, 6.45) is 9.62. The Morgan fingerprint density at radius 3 is 1.91 bits per heavy atom. The second-order valence-electron chi connectivity index (χ2n) is 32.9. The fourth-order valence-electron chi connectivity index (χ4n) is 14.4. The third-order valence-electron chi connectivity index (χ3n) is 21.8. The molecule has 0 bridgehead atoms. The van der Waals surface area contributed by atoms with Gasteiger partial charge in [-0.05, 0) is 150 Å². The molecule has 125 heavy (non-hydrogen) atoms. The Balaban J connectivity index is 1.12. The highest BCUT2D eigenvalue weighted by Gasteiger charge is 2.48. The molecule has 5 rings (SSSR count). The SMILES string of the molecule is C#CCCCON(C(=O)[C@@H](NC(=O)[C@H]1CCCCN1C)[C@@H](C)CC)[C@H](C[C@@H](OC(C)=O)c1nc(C(=O)N[C@@H](Cc2ccc(NC(=O)OCc3ccc(NC(=O)[C@H](CCCNC(N)=O)NC(=O)[C@@H](NC(=O)[C@H](CCC(=O)O)NC(=O)CCOCCOCCOCCOCCNC(=O)OC[C@H]4[C@@H](CC)[C@H]4CCC)C(C)C)cc3)cc2)CC(C)(C)C(=O)O)cs1)C(C)C. The van der Waals surface area contributed by atoms with Crippen molar-refractivity contribution in [3.8, 4) is 12.3 Å². The summed E-state index contributed by atoms with van der Waals surface area (Å²) < 4.78 is 38.9. The molecule has 0 radical (unpaired) electrons. The molecular weight excluding hydrogens is 1640 g/mol. The van der Waals surface area contributed by atoms with Crippen molar-refractivity contribution in [3.05, 3.63) is 75.7 Å². The van der Waals surface area contributed by atoms with E-state index in [1.54, 1.807) is 50.2 Å². The van der Waals surface area contributed by atoms with Gasteiger partial charge < -0.3 is 91.6 Å². The normalized spacial score (nSPS) is 16.9. The summed E-state index contributed by atoms with van der Waals surface area (Å²) in [5, 5.41) is 47.2. The van der Waals surface area contributed by atoms with E-state index in [0.717, 1.165) is 50.0 Å². The molecular formula is C88H135N13O23S. The number of thiazole rings is 1. The third kappa shape index (κ3) is 38.7. The first kappa shape index (κ1) is 105. The van der Waals surface area contributed by atoms with E-state index in [4.69, 9.17) is 50.2 Å². The summed E-state index contributed by atoms with van der Waals surface area (Å²) >= 11 is 1.05. The van der Waals surface area contributed by atoms with Gasteiger partial charge in [0, 0.05) is 68.5 Å². The molecule has 0 spiro atoms. The summed E-state index contributed by atoms with van der Waals surface area (Å²) in [5.74, 6) is -4.25. The number of primary amides is 1. The summed E-state index contributed by atoms with van der Waals surface area (Å²) in [6.45, 7) is 22.6. The smallest absolute Gasteiger partial charge is 0.411 e. The standard InChI is InChI=1S/C88H135N13O23S/c1-14-18-21-40-123-101(83(111)76(57(9)16-3)99-80(109)70-25-19-20-39-100(70)13)71(55(5)6)50-72(124-58(10)102)82-97-69(54-125-82)79(108)93-63(51-88(11,12)84(112)113)49-59-26-30-62(31-27-59)94-87(116)121-52-60-28-32-61(33-29-60)92-77(106)67(24-22-37-90-85(89)114)96-81(110)75(56(7)8)98-78(107)68(34-35-74(104)105)95-73(103)36-41-117-43-45-119-47-48-120-46-44-118-42-38-91-86(115)122-53-66-64(17-4)65(66)23-15-2/h1,26-33,54-57,63-68,70-72,75-76H,15-25,34-53H2,2-13H3,(H,91,115)(H,92,106)(H,93,108)(H,94,116)(H,95,103)(H,96,110)(H,98,107)(H,99,109)(H,104,105)(H,112,113)(H3,89,90,114)/t57-,63-,64-,65+,66-,67-,68-,70+,71+,72+,75-,76-/m0/s1. The van der Waals surface area contributed by atoms with Gasteiger partial charge in [-0.15, -0.1) is 23.7 Å². The van der Waals surface area contributed by atoms with E-state index >= 15 is 0 Å². The molecule has 2 heterocycles. The average Bonchev–Trinajstić information content (AvgIpc) is 1.24. The highest BCUT2D eigenvalue weighted by Crippen LogP contribution is 2.51. The van der Waals surface area contributed by atoms with Crippen molar-refractivity contribution in [2.45, 2.75) is 240 Å². The lowest BCUT2D eigenvalue weighted by atomic mass is 9.84. The number of anilines is 2. The molecule has 11 amide bonds. The lowest BCUT2D eigenvalue weighted by Crippen LogP contribution is -2.58. The Hall–Kier alpha value is -10.1. The minimum atomic E-state index is -1.38. The van der Waals surface area contributed by atoms with E-state index in [0.29, 0.717) is 93.2 Å². The number of alkyl carbamates (subject to hydrolysis) is 1. The highest BCUT2D eigenvalue weighted by atomic mass is 32.1. The number of urea groups is 1. The van der Waals surface area contributed by atoms with Gasteiger partial charge in [-0.3, -0.25) is 63.0 Å². The number of likely N-dealkylation sites (tertiary alicyclic amines) is 1. The molecule has 3 aromatic rings. The molecule has 13 N–H and O–H groups in total. The Kier molecular flexibility index (Phi) is 47.3. The number of carbonyl (C=O) groups excluding carboxylic acids is 11. The summed E-state index contributed by atoms with van der Waals surface area (Å²) in [4.78, 5) is 185. The Morgan fingerprint density at radius 2 is 1.32 bits per heavy atom. The number of terminal acetylenes is 1. The molecule has 1 aromatic heterocycles. The second kappa shape index (κ2) is 56.1. The van der Waals surface area contributed by atoms with E-state index in [1.807, 2.05) is 39.6 Å². The number of benzene rings is 2. The molecule has 1 saturated heterocycles. The number of hydrogen-bond donors (Lipinski definition) is 12. The van der Waals surface area contributed by atoms with E-state index in [2.05, 4.69) is 72.6 Å². The van der Waals surface area contributed by atoms with Crippen LogP contribution in [0.3, 0.4) is 0 Å². The van der Waals surface area contributed by atoms with Crippen LogP contribution in [0.25, 0.3) is 0 Å². The van der Waals surface area contributed by atoms with E-state index in [1.165, 1.54) is 43.3 Å². The largest absolute Gasteiger partial charge is 0.481 e. The van der Waals surface area contributed by atoms with E-state index in [9.17, 15) is 72.5 Å². The number of amides is 11. The number of nitrogens with zero attached hydrogens (tertiary/aromatic N) is 3. The first-order valence-electron chi connectivity index (χ1n) is 43.5. The number of nitrogens with one attached hydrogen (secondary N) is 9. The van der Waals surface area contributed by atoms with Gasteiger partial charge in [-0.25, -0.2) is 24.4 Å². The van der Waals surface area contributed by atoms with Gasteiger partial charge in [-0.1, -0.05) is 112 Å². The molecule has 2 aliphatic rings. The van der Waals surface area contributed by atoms with Gasteiger partial charge in [0.25, 0.3) is 11.8 Å². The van der Waals surface area contributed by atoms with Gasteiger partial charge in [-0.2, -0.15) is 0 Å². The molecule has 37 heteroatoms. The molecule has 1 aliphatic carbocycles. The predicted molar refractivity (Wildman–Crippen MR) is 466 cm³/mol. The molecule has 1 aliphatic heterocycles. The topological polar surface area (TPSA) is 490 Å². The van der Waals surface area contributed by atoms with Crippen molar-refractivity contribution in [3.63, 3.8) is 0 Å². The van der Waals surface area contributed by atoms with Crippen LogP contribution in [0.4, 0.5) is 25.8 Å². The van der Waals surface area contributed by atoms with Crippen LogP contribution in [0.15, 0.2) is 53.9 Å². The quantitative estimate of drug-likeness (QED) is 0.00827. The maximum absolute atomic E-state index is 15.0. The molecule has 12 atom stereocenters. The van der Waals surface area contributed by atoms with Gasteiger partial charge in [0.1, 0.15) is 41.5 Å². The zero-order valence-electron chi connectivity index (χ0n) is 74.6. The zero-order valence-corrected chi connectivity index (χ0v) is 75.4. The number of piperidine rings is 1. The number of ether oxygens (including phenoxy) is 7. The van der Waals surface area contributed by atoms with Gasteiger partial charge in [0.2, 0.25) is 29.5 Å². The number of carbonyl (C=O) groups is 13. The first-order valence-corrected chi connectivity index (χ1v) is 44.3. The number of unbranched alkanes of at least 4 members (excludes halogenated alkanes) is 1. The fraction of sp³-hybridized carbons (Fsp3) is 0.659. The van der Waals surface area contributed by atoms with Crippen molar-refractivity contribution in [1.29, 1.82) is 0 Å². The van der Waals surface area contributed by atoms with Crippen LogP contribution in [-0.2, 0) is 94.2 Å². The fourth-order valence-corrected chi connectivity index (χ4v) is 15.3. The van der Waals surface area contributed by atoms with Crippen molar-refractivity contribution in [1.82, 2.24) is 52.2 Å². The first-order chi connectivity index (χ1) is 59.6. The number of rotatable bonds is 60. The number of nitrogens with two attached hydrogens (primary N) is 1. The van der Waals surface area contributed by atoms with E-state index in [-0.39, 0.29) is 132 Å². The number of hydroxylamine groups is 2. The monoisotopic (exact) mass is 1770 g/mol. The lowest BCUT2D eigenvalue weighted by molar-refractivity contribution is -0.213. The molecule has 0 unspecified atom stereocenters. The van der Waals surface area contributed by atoms with Crippen molar-refractivity contribution >= 4 is 100 Å². The summed E-state index contributed by atoms with van der Waals surface area (Å²) in [7, 11) is 1.89. The number of carboxylic acids is 2.